The van der Waals surface area contributed by atoms with E-state index in [9.17, 15) is 9.90 Å². The summed E-state index contributed by atoms with van der Waals surface area (Å²) in [5, 5.41) is 15.3. The summed E-state index contributed by atoms with van der Waals surface area (Å²) >= 11 is 10.0. The van der Waals surface area contributed by atoms with Crippen molar-refractivity contribution in [2.24, 2.45) is 0 Å². The molecule has 1 heterocycles. The molecule has 162 valence electrons. The lowest BCUT2D eigenvalue weighted by Crippen LogP contribution is -2.15. The van der Waals surface area contributed by atoms with Gasteiger partial charge in [-0.2, -0.15) is 5.10 Å². The Labute approximate surface area is 200 Å². The Morgan fingerprint density at radius 2 is 1.78 bits per heavy atom. The minimum atomic E-state index is -0.872. The highest BCUT2D eigenvalue weighted by atomic mass is 79.9. The molecule has 0 fully saturated rings. The first-order chi connectivity index (χ1) is 15.3. The van der Waals surface area contributed by atoms with Crippen molar-refractivity contribution in [3.8, 4) is 16.9 Å². The summed E-state index contributed by atoms with van der Waals surface area (Å²) in [5.74, 6) is -1.56. The molecule has 1 atom stereocenters. The number of carbonyl (C=O) groups is 1. The molecule has 0 aliphatic rings. The molecule has 0 amide bonds. The highest BCUT2D eigenvalue weighted by molar-refractivity contribution is 9.10. The maximum Gasteiger partial charge on any atom is 0.311 e. The first kappa shape index (κ1) is 22.3. The molecule has 4 aromatic rings. The van der Waals surface area contributed by atoms with E-state index < -0.39 is 11.9 Å². The van der Waals surface area contributed by atoms with Crippen molar-refractivity contribution in [2.75, 3.05) is 0 Å². The number of carboxylic acid groups (broad SMARTS) is 1. The summed E-state index contributed by atoms with van der Waals surface area (Å²) in [6, 6.07) is 23.3. The van der Waals surface area contributed by atoms with E-state index in [0.717, 1.165) is 38.1 Å². The van der Waals surface area contributed by atoms with E-state index in [4.69, 9.17) is 16.7 Å². The third kappa shape index (κ3) is 4.79. The van der Waals surface area contributed by atoms with Crippen LogP contribution in [0.15, 0.2) is 77.3 Å². The van der Waals surface area contributed by atoms with Gasteiger partial charge < -0.3 is 5.11 Å². The molecule has 1 N–H and O–H groups in total. The summed E-state index contributed by atoms with van der Waals surface area (Å²) in [5.41, 5.74) is 6.17. The van der Waals surface area contributed by atoms with Crippen molar-refractivity contribution in [1.29, 1.82) is 0 Å². The van der Waals surface area contributed by atoms with Crippen LogP contribution in [0.1, 0.15) is 28.3 Å². The van der Waals surface area contributed by atoms with Gasteiger partial charge in [0.05, 0.1) is 28.0 Å². The SMILES string of the molecule is Cc1ccc(-n2nc(CC(C(=O)O)c3cccc(C)c3)cc2-c2ccc(Br)cc2Cl)cc1. The Balaban J connectivity index is 1.81. The molecular formula is C26H22BrClN2O2. The molecule has 4 rings (SSSR count). The fraction of sp³-hybridized carbons (Fsp3) is 0.154. The highest BCUT2D eigenvalue weighted by Gasteiger charge is 2.24. The average molecular weight is 510 g/mol. The van der Waals surface area contributed by atoms with Crippen molar-refractivity contribution >= 4 is 33.5 Å². The lowest BCUT2D eigenvalue weighted by molar-refractivity contribution is -0.138. The van der Waals surface area contributed by atoms with Crippen molar-refractivity contribution < 1.29 is 9.90 Å². The van der Waals surface area contributed by atoms with Crippen LogP contribution < -0.4 is 0 Å². The number of carboxylic acids is 1. The number of benzene rings is 3. The summed E-state index contributed by atoms with van der Waals surface area (Å²) in [4.78, 5) is 12.1. The lowest BCUT2D eigenvalue weighted by Gasteiger charge is -2.12. The Bertz CT molecular complexity index is 1280. The molecule has 0 bridgehead atoms. The molecule has 0 spiro atoms. The predicted molar refractivity (Wildman–Crippen MR) is 132 cm³/mol. The van der Waals surface area contributed by atoms with Crippen LogP contribution in [0.4, 0.5) is 0 Å². The first-order valence-corrected chi connectivity index (χ1v) is 11.4. The van der Waals surface area contributed by atoms with Gasteiger partial charge in [-0.15, -0.1) is 0 Å². The van der Waals surface area contributed by atoms with Crippen LogP contribution in [0, 0.1) is 13.8 Å². The number of halogens is 2. The predicted octanol–water partition coefficient (Wildman–Crippen LogP) is 6.98. The van der Waals surface area contributed by atoms with Crippen molar-refractivity contribution in [2.45, 2.75) is 26.2 Å². The van der Waals surface area contributed by atoms with Crippen LogP contribution in [0.2, 0.25) is 5.02 Å². The zero-order valence-electron chi connectivity index (χ0n) is 17.7. The van der Waals surface area contributed by atoms with Gasteiger partial charge in [-0.05, 0) is 49.7 Å². The van der Waals surface area contributed by atoms with Crippen molar-refractivity contribution in [3.63, 3.8) is 0 Å². The Morgan fingerprint density at radius 3 is 2.44 bits per heavy atom. The third-order valence-electron chi connectivity index (χ3n) is 5.40. The summed E-state index contributed by atoms with van der Waals surface area (Å²) in [6.45, 7) is 3.99. The van der Waals surface area contributed by atoms with Crippen molar-refractivity contribution in [3.05, 3.63) is 105 Å². The van der Waals surface area contributed by atoms with E-state index in [1.807, 2.05) is 91.3 Å². The lowest BCUT2D eigenvalue weighted by atomic mass is 9.93. The highest BCUT2D eigenvalue weighted by Crippen LogP contribution is 2.33. The fourth-order valence-corrected chi connectivity index (χ4v) is 4.52. The van der Waals surface area contributed by atoms with Gasteiger partial charge in [0.25, 0.3) is 0 Å². The Morgan fingerprint density at radius 1 is 1.03 bits per heavy atom. The van der Waals surface area contributed by atoms with E-state index in [0.29, 0.717) is 10.7 Å². The van der Waals surface area contributed by atoms with Gasteiger partial charge in [-0.3, -0.25) is 4.79 Å². The Kier molecular flexibility index (Phi) is 6.49. The third-order valence-corrected chi connectivity index (χ3v) is 6.21. The molecule has 0 saturated carbocycles. The molecule has 0 aliphatic carbocycles. The minimum absolute atomic E-state index is 0.277. The second-order valence-corrected chi connectivity index (χ2v) is 9.22. The van der Waals surface area contributed by atoms with Crippen LogP contribution in [-0.4, -0.2) is 20.9 Å². The molecule has 4 nitrogen and oxygen atoms in total. The fourth-order valence-electron chi connectivity index (χ4n) is 3.75. The molecule has 0 saturated heterocycles. The minimum Gasteiger partial charge on any atom is -0.481 e. The van der Waals surface area contributed by atoms with Gasteiger partial charge in [0.1, 0.15) is 0 Å². The van der Waals surface area contributed by atoms with Crippen LogP contribution in [0.25, 0.3) is 16.9 Å². The average Bonchev–Trinajstić information content (AvgIpc) is 3.16. The van der Waals surface area contributed by atoms with Gasteiger partial charge >= 0.3 is 5.97 Å². The second-order valence-electron chi connectivity index (χ2n) is 7.90. The number of aliphatic carboxylic acids is 1. The molecule has 0 aliphatic heterocycles. The number of hydrogen-bond donors (Lipinski definition) is 1. The normalized spacial score (nSPS) is 12.0. The maximum absolute atomic E-state index is 12.1. The standard InChI is InChI=1S/C26H22BrClN2O2/c1-16-6-9-21(10-7-16)30-25(22-11-8-19(27)13-24(22)28)15-20(29-30)14-23(26(31)32)18-5-3-4-17(2)12-18/h3-13,15,23H,14H2,1-2H3,(H,31,32). The topological polar surface area (TPSA) is 55.1 Å². The smallest absolute Gasteiger partial charge is 0.311 e. The molecular weight excluding hydrogens is 488 g/mol. The molecule has 3 aromatic carbocycles. The first-order valence-electron chi connectivity index (χ1n) is 10.2. The van der Waals surface area contributed by atoms with E-state index in [1.54, 1.807) is 0 Å². The van der Waals surface area contributed by atoms with Gasteiger partial charge in [-0.1, -0.05) is 81.1 Å². The molecule has 6 heteroatoms. The van der Waals surface area contributed by atoms with Gasteiger partial charge in [0.15, 0.2) is 0 Å². The van der Waals surface area contributed by atoms with E-state index in [2.05, 4.69) is 15.9 Å². The van der Waals surface area contributed by atoms with E-state index in [1.165, 1.54) is 0 Å². The van der Waals surface area contributed by atoms with E-state index in [-0.39, 0.29) is 6.42 Å². The van der Waals surface area contributed by atoms with Gasteiger partial charge in [0, 0.05) is 16.5 Å². The van der Waals surface area contributed by atoms with E-state index >= 15 is 0 Å². The summed E-state index contributed by atoms with van der Waals surface area (Å²) < 4.78 is 2.72. The maximum atomic E-state index is 12.1. The number of aryl methyl sites for hydroxylation is 2. The zero-order valence-corrected chi connectivity index (χ0v) is 20.1. The second kappa shape index (κ2) is 9.31. The van der Waals surface area contributed by atoms with Gasteiger partial charge in [0.2, 0.25) is 0 Å². The number of hydrogen-bond acceptors (Lipinski definition) is 2. The summed E-state index contributed by atoms with van der Waals surface area (Å²) in [7, 11) is 0. The number of aromatic nitrogens is 2. The zero-order chi connectivity index (χ0) is 22.8. The van der Waals surface area contributed by atoms with Crippen LogP contribution in [0.3, 0.4) is 0 Å². The quantitative estimate of drug-likeness (QED) is 0.305. The summed E-state index contributed by atoms with van der Waals surface area (Å²) in [6.07, 6.45) is 0.277. The largest absolute Gasteiger partial charge is 0.481 e. The molecule has 1 unspecified atom stereocenters. The monoisotopic (exact) mass is 508 g/mol. The van der Waals surface area contributed by atoms with Gasteiger partial charge in [-0.25, -0.2) is 4.68 Å². The molecule has 0 radical (unpaired) electrons. The number of rotatable bonds is 6. The van der Waals surface area contributed by atoms with Crippen LogP contribution >= 0.6 is 27.5 Å². The Hall–Kier alpha value is -2.89. The molecule has 1 aromatic heterocycles. The molecule has 32 heavy (non-hydrogen) atoms. The number of nitrogens with zero attached hydrogens (tertiary/aromatic N) is 2. The van der Waals surface area contributed by atoms with Crippen LogP contribution in [0.5, 0.6) is 0 Å². The van der Waals surface area contributed by atoms with Crippen LogP contribution in [-0.2, 0) is 11.2 Å². The van der Waals surface area contributed by atoms with Crippen molar-refractivity contribution in [1.82, 2.24) is 9.78 Å².